The van der Waals surface area contributed by atoms with E-state index in [4.69, 9.17) is 4.74 Å². The molecule has 1 aromatic heterocycles. The molecule has 4 nitrogen and oxygen atoms in total. The number of halogens is 1. The van der Waals surface area contributed by atoms with Crippen molar-refractivity contribution in [2.45, 2.75) is 6.92 Å². The van der Waals surface area contributed by atoms with E-state index in [0.29, 0.717) is 11.8 Å². The molecule has 2 rings (SSSR count). The third-order valence-electron chi connectivity index (χ3n) is 2.37. The fraction of sp³-hybridized carbons (Fsp3) is 0.231. The van der Waals surface area contributed by atoms with E-state index in [1.54, 1.807) is 12.3 Å². The molecule has 0 amide bonds. The third-order valence-corrected chi connectivity index (χ3v) is 3.26. The molecule has 0 radical (unpaired) electrons. The van der Waals surface area contributed by atoms with Crippen molar-refractivity contribution in [3.63, 3.8) is 0 Å². The Labute approximate surface area is 115 Å². The smallest absolute Gasteiger partial charge is 0.228 e. The van der Waals surface area contributed by atoms with Crippen molar-refractivity contribution in [2.24, 2.45) is 0 Å². The maximum Gasteiger partial charge on any atom is 0.228 e. The highest BCUT2D eigenvalue weighted by molar-refractivity contribution is 9.10. The number of benzene rings is 1. The number of nitrogens with zero attached hydrogens (tertiary/aromatic N) is 3. The molecule has 0 fully saturated rings. The first-order valence-electron chi connectivity index (χ1n) is 5.50. The molecule has 0 bridgehead atoms. The van der Waals surface area contributed by atoms with E-state index in [2.05, 4.69) is 25.9 Å². The maximum atomic E-state index is 5.71. The summed E-state index contributed by atoms with van der Waals surface area (Å²) in [6.45, 7) is 2.02. The van der Waals surface area contributed by atoms with Gasteiger partial charge in [0.25, 0.3) is 0 Å². The molecule has 0 aliphatic carbocycles. The first-order chi connectivity index (χ1) is 8.56. The van der Waals surface area contributed by atoms with Crippen LogP contribution in [0, 0.1) is 6.92 Å². The first kappa shape index (κ1) is 12.8. The van der Waals surface area contributed by atoms with Crippen molar-refractivity contribution in [1.82, 2.24) is 9.97 Å². The van der Waals surface area contributed by atoms with Gasteiger partial charge in [0.05, 0.1) is 0 Å². The van der Waals surface area contributed by atoms with Gasteiger partial charge < -0.3 is 9.64 Å². The lowest BCUT2D eigenvalue weighted by atomic mass is 10.2. The van der Waals surface area contributed by atoms with Crippen LogP contribution in [-0.4, -0.2) is 24.1 Å². The van der Waals surface area contributed by atoms with Crippen LogP contribution in [0.3, 0.4) is 0 Å². The summed E-state index contributed by atoms with van der Waals surface area (Å²) in [5.41, 5.74) is 1.12. The van der Waals surface area contributed by atoms with Gasteiger partial charge in [-0.3, -0.25) is 0 Å². The summed E-state index contributed by atoms with van der Waals surface area (Å²) in [6, 6.07) is 7.55. The van der Waals surface area contributed by atoms with Gasteiger partial charge in [0.15, 0.2) is 0 Å². The molecule has 94 valence electrons. The predicted molar refractivity (Wildman–Crippen MR) is 75.3 cm³/mol. The number of aromatic nitrogens is 2. The summed E-state index contributed by atoms with van der Waals surface area (Å²) in [6.07, 6.45) is 1.68. The van der Waals surface area contributed by atoms with Crippen LogP contribution in [0.2, 0.25) is 0 Å². The lowest BCUT2D eigenvalue weighted by Gasteiger charge is -2.11. The maximum absolute atomic E-state index is 5.71. The zero-order valence-corrected chi connectivity index (χ0v) is 12.1. The molecule has 18 heavy (non-hydrogen) atoms. The van der Waals surface area contributed by atoms with E-state index < -0.39 is 0 Å². The highest BCUT2D eigenvalue weighted by Crippen LogP contribution is 2.25. The van der Waals surface area contributed by atoms with E-state index in [1.807, 2.05) is 44.1 Å². The minimum Gasteiger partial charge on any atom is -0.439 e. The van der Waals surface area contributed by atoms with Crippen molar-refractivity contribution in [1.29, 1.82) is 0 Å². The summed E-state index contributed by atoms with van der Waals surface area (Å²) < 4.78 is 6.77. The van der Waals surface area contributed by atoms with Crippen LogP contribution in [0.25, 0.3) is 0 Å². The van der Waals surface area contributed by atoms with Crippen molar-refractivity contribution in [3.05, 3.63) is 40.5 Å². The van der Waals surface area contributed by atoms with E-state index in [-0.39, 0.29) is 0 Å². The second-order valence-corrected chi connectivity index (χ2v) is 4.96. The molecule has 0 N–H and O–H groups in total. The van der Waals surface area contributed by atoms with Crippen molar-refractivity contribution in [3.8, 4) is 11.6 Å². The SMILES string of the molecule is Cc1cc(Oc2ccnc(N(C)C)n2)ccc1Br. The van der Waals surface area contributed by atoms with E-state index in [9.17, 15) is 0 Å². The molecule has 0 spiro atoms. The Morgan fingerprint density at radius 1 is 1.22 bits per heavy atom. The van der Waals surface area contributed by atoms with Gasteiger partial charge in [-0.25, -0.2) is 4.98 Å². The van der Waals surface area contributed by atoms with Crippen LogP contribution >= 0.6 is 15.9 Å². The Hall–Kier alpha value is -1.62. The quantitative estimate of drug-likeness (QED) is 0.871. The lowest BCUT2D eigenvalue weighted by molar-refractivity contribution is 0.461. The van der Waals surface area contributed by atoms with Gasteiger partial charge in [-0.05, 0) is 30.7 Å². The molecular formula is C13H14BrN3O. The Morgan fingerprint density at radius 2 is 2.00 bits per heavy atom. The largest absolute Gasteiger partial charge is 0.439 e. The highest BCUT2D eigenvalue weighted by Gasteiger charge is 2.04. The number of rotatable bonds is 3. The van der Waals surface area contributed by atoms with Gasteiger partial charge in [0, 0.05) is 30.8 Å². The molecule has 0 saturated heterocycles. The zero-order valence-electron chi connectivity index (χ0n) is 10.5. The van der Waals surface area contributed by atoms with Crippen LogP contribution < -0.4 is 9.64 Å². The lowest BCUT2D eigenvalue weighted by Crippen LogP contribution is -2.12. The Balaban J connectivity index is 2.23. The third kappa shape index (κ3) is 2.98. The minimum atomic E-state index is 0.537. The average Bonchev–Trinajstić information content (AvgIpc) is 2.34. The fourth-order valence-electron chi connectivity index (χ4n) is 1.41. The number of hydrogen-bond donors (Lipinski definition) is 0. The first-order valence-corrected chi connectivity index (χ1v) is 6.30. The molecule has 0 atom stereocenters. The van der Waals surface area contributed by atoms with E-state index >= 15 is 0 Å². The average molecular weight is 308 g/mol. The van der Waals surface area contributed by atoms with Crippen LogP contribution in [-0.2, 0) is 0 Å². The van der Waals surface area contributed by atoms with Crippen LogP contribution in [0.15, 0.2) is 34.9 Å². The molecule has 1 aromatic carbocycles. The van der Waals surface area contributed by atoms with Gasteiger partial charge in [0.2, 0.25) is 11.8 Å². The van der Waals surface area contributed by atoms with Gasteiger partial charge >= 0.3 is 0 Å². The molecule has 0 saturated carbocycles. The molecule has 0 aliphatic heterocycles. The van der Waals surface area contributed by atoms with Crippen LogP contribution in [0.1, 0.15) is 5.56 Å². The fourth-order valence-corrected chi connectivity index (χ4v) is 1.65. The van der Waals surface area contributed by atoms with E-state index in [1.165, 1.54) is 0 Å². The van der Waals surface area contributed by atoms with Crippen LogP contribution in [0.5, 0.6) is 11.6 Å². The van der Waals surface area contributed by atoms with Gasteiger partial charge in [-0.15, -0.1) is 0 Å². The summed E-state index contributed by atoms with van der Waals surface area (Å²) in [5, 5.41) is 0. The normalized spacial score (nSPS) is 10.2. The number of anilines is 1. The van der Waals surface area contributed by atoms with Crippen molar-refractivity contribution < 1.29 is 4.74 Å². The van der Waals surface area contributed by atoms with E-state index in [0.717, 1.165) is 15.8 Å². The van der Waals surface area contributed by atoms with Gasteiger partial charge in [-0.1, -0.05) is 15.9 Å². The topological polar surface area (TPSA) is 38.2 Å². The number of ether oxygens (including phenoxy) is 1. The molecule has 1 heterocycles. The second-order valence-electron chi connectivity index (χ2n) is 4.10. The summed E-state index contributed by atoms with van der Waals surface area (Å²) >= 11 is 3.46. The molecule has 0 unspecified atom stereocenters. The van der Waals surface area contributed by atoms with Gasteiger partial charge in [0.1, 0.15) is 5.75 Å². The number of aryl methyl sites for hydroxylation is 1. The summed E-state index contributed by atoms with van der Waals surface area (Å²) in [4.78, 5) is 10.3. The molecule has 2 aromatic rings. The van der Waals surface area contributed by atoms with Gasteiger partial charge in [-0.2, -0.15) is 4.98 Å². The summed E-state index contributed by atoms with van der Waals surface area (Å²) in [5.74, 6) is 1.93. The van der Waals surface area contributed by atoms with Crippen molar-refractivity contribution in [2.75, 3.05) is 19.0 Å². The Kier molecular flexibility index (Phi) is 3.81. The monoisotopic (exact) mass is 307 g/mol. The summed E-state index contributed by atoms with van der Waals surface area (Å²) in [7, 11) is 3.78. The minimum absolute atomic E-state index is 0.537. The molecule has 0 aliphatic rings. The Morgan fingerprint density at radius 3 is 2.67 bits per heavy atom. The standard InChI is InChI=1S/C13H14BrN3O/c1-9-8-10(4-5-11(9)14)18-12-6-7-15-13(16-12)17(2)3/h4-8H,1-3H3. The number of hydrogen-bond acceptors (Lipinski definition) is 4. The predicted octanol–water partition coefficient (Wildman–Crippen LogP) is 3.41. The van der Waals surface area contributed by atoms with Crippen LogP contribution in [0.4, 0.5) is 5.95 Å². The Bertz CT molecular complexity index is 558. The highest BCUT2D eigenvalue weighted by atomic mass is 79.9. The second kappa shape index (κ2) is 5.35. The molecular weight excluding hydrogens is 294 g/mol. The van der Waals surface area contributed by atoms with Crippen molar-refractivity contribution >= 4 is 21.9 Å². The molecule has 5 heteroatoms. The zero-order chi connectivity index (χ0) is 13.1.